The van der Waals surface area contributed by atoms with Crippen LogP contribution in [0.1, 0.15) is 10.4 Å². The summed E-state index contributed by atoms with van der Waals surface area (Å²) in [5, 5.41) is 10.7. The Bertz CT molecular complexity index is 1080. The van der Waals surface area contributed by atoms with Crippen LogP contribution in [0.15, 0.2) is 72.8 Å². The number of carboxylic acids is 1. The fourth-order valence-corrected chi connectivity index (χ4v) is 2.88. The van der Waals surface area contributed by atoms with E-state index in [1.807, 2.05) is 42.5 Å². The van der Waals surface area contributed by atoms with E-state index in [1.54, 1.807) is 30.3 Å². The van der Waals surface area contributed by atoms with Crippen LogP contribution in [0.2, 0.25) is 5.02 Å². The molecule has 3 aromatic carbocycles. The Labute approximate surface area is 154 Å². The fourth-order valence-electron chi connectivity index (χ4n) is 2.76. The maximum absolute atomic E-state index is 11.1. The monoisotopic (exact) mass is 363 g/mol. The van der Waals surface area contributed by atoms with Crippen molar-refractivity contribution >= 4 is 28.5 Å². The van der Waals surface area contributed by atoms with Gasteiger partial charge in [-0.1, -0.05) is 17.7 Å². The van der Waals surface area contributed by atoms with Crippen molar-refractivity contribution in [3.63, 3.8) is 0 Å². The topological polar surface area (TPSA) is 62.3 Å². The molecule has 4 rings (SSSR count). The lowest BCUT2D eigenvalue weighted by molar-refractivity contribution is 0.0697. The summed E-state index contributed by atoms with van der Waals surface area (Å²) in [6.45, 7) is 0. The van der Waals surface area contributed by atoms with Crippen molar-refractivity contribution in [2.45, 2.75) is 0 Å². The number of aromatic nitrogens is 1. The predicted molar refractivity (Wildman–Crippen MR) is 102 cm³/mol. The van der Waals surface area contributed by atoms with Gasteiger partial charge in [-0.05, 0) is 72.3 Å². The van der Waals surface area contributed by atoms with Gasteiger partial charge in [-0.3, -0.25) is 0 Å². The number of rotatable bonds is 4. The summed E-state index contributed by atoms with van der Waals surface area (Å²) < 4.78 is 5.79. The lowest BCUT2D eigenvalue weighted by atomic mass is 10.1. The Morgan fingerprint density at radius 1 is 0.885 bits per heavy atom. The molecule has 0 saturated carbocycles. The lowest BCUT2D eigenvalue weighted by Crippen LogP contribution is -1.94. The molecule has 5 heteroatoms. The first-order chi connectivity index (χ1) is 12.6. The Kier molecular flexibility index (Phi) is 4.11. The molecule has 0 atom stereocenters. The van der Waals surface area contributed by atoms with E-state index in [4.69, 9.17) is 21.4 Å². The lowest BCUT2D eigenvalue weighted by Gasteiger charge is -2.06. The molecule has 128 valence electrons. The van der Waals surface area contributed by atoms with Crippen molar-refractivity contribution in [3.8, 4) is 22.8 Å². The summed E-state index contributed by atoms with van der Waals surface area (Å²) in [5.74, 6) is 0.501. The summed E-state index contributed by atoms with van der Waals surface area (Å²) in [7, 11) is 0. The molecule has 0 fully saturated rings. The van der Waals surface area contributed by atoms with Gasteiger partial charge in [-0.2, -0.15) is 0 Å². The summed E-state index contributed by atoms with van der Waals surface area (Å²) in [6.07, 6.45) is 0. The number of carboxylic acid groups (broad SMARTS) is 1. The van der Waals surface area contributed by atoms with E-state index < -0.39 is 5.97 Å². The van der Waals surface area contributed by atoms with Gasteiger partial charge in [0.05, 0.1) is 5.56 Å². The van der Waals surface area contributed by atoms with Gasteiger partial charge in [-0.25, -0.2) is 4.79 Å². The molecule has 1 heterocycles. The molecule has 0 aliphatic heterocycles. The second-order valence-corrected chi connectivity index (χ2v) is 6.31. The Morgan fingerprint density at radius 2 is 1.54 bits per heavy atom. The molecule has 4 aromatic rings. The van der Waals surface area contributed by atoms with Crippen molar-refractivity contribution in [2.75, 3.05) is 0 Å². The minimum absolute atomic E-state index is 0.262. The van der Waals surface area contributed by atoms with Crippen LogP contribution in [-0.4, -0.2) is 16.1 Å². The molecule has 2 N–H and O–H groups in total. The van der Waals surface area contributed by atoms with E-state index in [0.717, 1.165) is 27.9 Å². The largest absolute Gasteiger partial charge is 0.478 e. The van der Waals surface area contributed by atoms with Gasteiger partial charge in [0, 0.05) is 21.6 Å². The van der Waals surface area contributed by atoms with Crippen LogP contribution < -0.4 is 4.74 Å². The van der Waals surface area contributed by atoms with Crippen LogP contribution in [0.25, 0.3) is 22.2 Å². The first-order valence-electron chi connectivity index (χ1n) is 7.98. The SMILES string of the molecule is O=C(O)c1ccc2cc(-c3ccc(Oc4ccc(Cl)cc4)cc3)[nH]c2c1. The number of halogens is 1. The second kappa shape index (κ2) is 6.58. The minimum atomic E-state index is -0.938. The number of carbonyl (C=O) groups is 1. The van der Waals surface area contributed by atoms with Crippen molar-refractivity contribution in [2.24, 2.45) is 0 Å². The van der Waals surface area contributed by atoms with Crippen LogP contribution in [-0.2, 0) is 0 Å². The highest BCUT2D eigenvalue weighted by Gasteiger charge is 2.08. The normalized spacial score (nSPS) is 10.8. The highest BCUT2D eigenvalue weighted by atomic mass is 35.5. The van der Waals surface area contributed by atoms with Gasteiger partial charge in [0.1, 0.15) is 11.5 Å². The van der Waals surface area contributed by atoms with Crippen LogP contribution in [0.3, 0.4) is 0 Å². The van der Waals surface area contributed by atoms with Gasteiger partial charge in [0.15, 0.2) is 0 Å². The highest BCUT2D eigenvalue weighted by molar-refractivity contribution is 6.30. The Balaban J connectivity index is 1.59. The van der Waals surface area contributed by atoms with E-state index in [2.05, 4.69) is 4.98 Å². The third kappa shape index (κ3) is 3.27. The number of aromatic carboxylic acids is 1. The van der Waals surface area contributed by atoms with Crippen LogP contribution in [0, 0.1) is 0 Å². The maximum Gasteiger partial charge on any atom is 0.335 e. The smallest absolute Gasteiger partial charge is 0.335 e. The number of ether oxygens (including phenoxy) is 1. The van der Waals surface area contributed by atoms with Crippen LogP contribution >= 0.6 is 11.6 Å². The number of fused-ring (bicyclic) bond motifs is 1. The quantitative estimate of drug-likeness (QED) is 0.469. The van der Waals surface area contributed by atoms with E-state index in [1.165, 1.54) is 0 Å². The van der Waals surface area contributed by atoms with Crippen LogP contribution in [0.5, 0.6) is 11.5 Å². The molecule has 0 aliphatic carbocycles. The first-order valence-corrected chi connectivity index (χ1v) is 8.36. The minimum Gasteiger partial charge on any atom is -0.478 e. The molecule has 4 nitrogen and oxygen atoms in total. The van der Waals surface area contributed by atoms with E-state index >= 15 is 0 Å². The number of H-pyrrole nitrogens is 1. The van der Waals surface area contributed by atoms with E-state index in [-0.39, 0.29) is 5.56 Å². The number of nitrogens with one attached hydrogen (secondary N) is 1. The second-order valence-electron chi connectivity index (χ2n) is 5.87. The van der Waals surface area contributed by atoms with E-state index in [0.29, 0.717) is 10.8 Å². The third-order valence-corrected chi connectivity index (χ3v) is 4.34. The Hall–Kier alpha value is -3.24. The summed E-state index contributed by atoms with van der Waals surface area (Å²) in [6, 6.07) is 21.9. The highest BCUT2D eigenvalue weighted by Crippen LogP contribution is 2.28. The van der Waals surface area contributed by atoms with Gasteiger partial charge in [0.2, 0.25) is 0 Å². The molecule has 26 heavy (non-hydrogen) atoms. The van der Waals surface area contributed by atoms with Gasteiger partial charge < -0.3 is 14.8 Å². The third-order valence-electron chi connectivity index (χ3n) is 4.08. The molecule has 0 unspecified atom stereocenters. The zero-order chi connectivity index (χ0) is 18.1. The van der Waals surface area contributed by atoms with Gasteiger partial charge in [0.25, 0.3) is 0 Å². The number of aromatic amines is 1. The van der Waals surface area contributed by atoms with Crippen molar-refractivity contribution in [3.05, 3.63) is 83.4 Å². The van der Waals surface area contributed by atoms with Crippen LogP contribution in [0.4, 0.5) is 0 Å². The molecule has 0 aliphatic rings. The van der Waals surface area contributed by atoms with Gasteiger partial charge >= 0.3 is 5.97 Å². The Morgan fingerprint density at radius 3 is 2.19 bits per heavy atom. The summed E-state index contributed by atoms with van der Waals surface area (Å²) in [5.41, 5.74) is 2.96. The first kappa shape index (κ1) is 16.2. The van der Waals surface area contributed by atoms with E-state index in [9.17, 15) is 4.79 Å². The van der Waals surface area contributed by atoms with Crippen molar-refractivity contribution in [1.29, 1.82) is 0 Å². The number of benzene rings is 3. The molecule has 0 saturated heterocycles. The average Bonchev–Trinajstić information content (AvgIpc) is 3.07. The molecular weight excluding hydrogens is 350 g/mol. The average molecular weight is 364 g/mol. The fraction of sp³-hybridized carbons (Fsp3) is 0. The van der Waals surface area contributed by atoms with Gasteiger partial charge in [-0.15, -0.1) is 0 Å². The summed E-state index contributed by atoms with van der Waals surface area (Å²) in [4.78, 5) is 14.4. The zero-order valence-corrected chi connectivity index (χ0v) is 14.3. The summed E-state index contributed by atoms with van der Waals surface area (Å²) >= 11 is 5.87. The molecule has 0 amide bonds. The zero-order valence-electron chi connectivity index (χ0n) is 13.6. The standard InChI is InChI=1S/C21H14ClNO3/c22-16-5-9-18(10-6-16)26-17-7-3-13(4-8-17)19-11-14-1-2-15(21(24)25)12-20(14)23-19/h1-12,23H,(H,24,25). The number of hydrogen-bond donors (Lipinski definition) is 2. The molecule has 0 spiro atoms. The molecule has 1 aromatic heterocycles. The number of hydrogen-bond acceptors (Lipinski definition) is 2. The molecule has 0 radical (unpaired) electrons. The molecular formula is C21H14ClNO3. The maximum atomic E-state index is 11.1. The molecule has 0 bridgehead atoms. The predicted octanol–water partition coefficient (Wildman–Crippen LogP) is 5.98. The van der Waals surface area contributed by atoms with Crippen molar-refractivity contribution < 1.29 is 14.6 Å². The van der Waals surface area contributed by atoms with Crippen molar-refractivity contribution in [1.82, 2.24) is 4.98 Å².